The van der Waals surface area contributed by atoms with E-state index in [0.717, 1.165) is 37.1 Å². The van der Waals surface area contributed by atoms with Crippen molar-refractivity contribution in [2.75, 3.05) is 46.4 Å². The van der Waals surface area contributed by atoms with Crippen LogP contribution in [0.5, 0.6) is 5.75 Å². The molecule has 2 saturated heterocycles. The zero-order valence-electron chi connectivity index (χ0n) is 17.9. The van der Waals surface area contributed by atoms with E-state index in [-0.39, 0.29) is 24.2 Å². The first-order valence-corrected chi connectivity index (χ1v) is 10.7. The van der Waals surface area contributed by atoms with Gasteiger partial charge in [0.2, 0.25) is 0 Å². The molecule has 1 unspecified atom stereocenters. The van der Waals surface area contributed by atoms with Crippen LogP contribution in [0.1, 0.15) is 32.7 Å². The summed E-state index contributed by atoms with van der Waals surface area (Å²) in [6.45, 7) is 4.21. The van der Waals surface area contributed by atoms with Gasteiger partial charge in [-0.25, -0.2) is 0 Å². The molecule has 166 valence electrons. The van der Waals surface area contributed by atoms with Crippen molar-refractivity contribution in [1.29, 1.82) is 0 Å². The molecule has 2 aliphatic heterocycles. The van der Waals surface area contributed by atoms with Crippen molar-refractivity contribution in [3.8, 4) is 5.75 Å². The highest BCUT2D eigenvalue weighted by Gasteiger charge is 2.28. The maximum atomic E-state index is 13.2. The lowest BCUT2D eigenvalue weighted by atomic mass is 9.94. The highest BCUT2D eigenvalue weighted by atomic mass is 35.5. The maximum absolute atomic E-state index is 13.2. The van der Waals surface area contributed by atoms with E-state index in [0.29, 0.717) is 43.4 Å². The van der Waals surface area contributed by atoms with Gasteiger partial charge in [0, 0.05) is 31.7 Å². The predicted molar refractivity (Wildman–Crippen MR) is 123 cm³/mol. The third kappa shape index (κ3) is 5.20. The van der Waals surface area contributed by atoms with Crippen LogP contribution in [0.3, 0.4) is 0 Å². The molecule has 2 amide bonds. The average molecular weight is 444 g/mol. The second kappa shape index (κ2) is 10.6. The number of nitrogens with zero attached hydrogens (tertiary/aromatic N) is 2. The average Bonchev–Trinajstić information content (AvgIpc) is 3.32. The quantitative estimate of drug-likeness (QED) is 0.771. The van der Waals surface area contributed by atoms with Gasteiger partial charge in [-0.2, -0.15) is 0 Å². The fraction of sp³-hybridized carbons (Fsp3) is 0.417. The van der Waals surface area contributed by atoms with Crippen LogP contribution in [0.15, 0.2) is 48.5 Å². The summed E-state index contributed by atoms with van der Waals surface area (Å²) in [7, 11) is 1.57. The molecule has 0 aliphatic carbocycles. The van der Waals surface area contributed by atoms with E-state index in [1.165, 1.54) is 0 Å². The normalized spacial score (nSPS) is 18.4. The Morgan fingerprint density at radius 3 is 2.13 bits per heavy atom. The fourth-order valence-electron chi connectivity index (χ4n) is 4.38. The minimum atomic E-state index is -0.0475. The number of methoxy groups -OCH3 is 1. The Balaban J connectivity index is 0.00000272. The first-order chi connectivity index (χ1) is 14.7. The number of rotatable bonds is 5. The van der Waals surface area contributed by atoms with Crippen LogP contribution in [-0.4, -0.2) is 68.0 Å². The van der Waals surface area contributed by atoms with Crippen LogP contribution in [0.4, 0.5) is 0 Å². The zero-order valence-corrected chi connectivity index (χ0v) is 18.7. The van der Waals surface area contributed by atoms with Crippen molar-refractivity contribution < 1.29 is 14.3 Å². The summed E-state index contributed by atoms with van der Waals surface area (Å²) in [5, 5.41) is 3.40. The van der Waals surface area contributed by atoms with Gasteiger partial charge in [0.05, 0.1) is 12.7 Å². The minimum Gasteiger partial charge on any atom is -0.496 e. The van der Waals surface area contributed by atoms with Crippen molar-refractivity contribution in [1.82, 2.24) is 15.1 Å². The van der Waals surface area contributed by atoms with Crippen molar-refractivity contribution >= 4 is 24.2 Å². The Labute approximate surface area is 190 Å². The van der Waals surface area contributed by atoms with E-state index < -0.39 is 0 Å². The molecule has 2 fully saturated rings. The fourth-order valence-corrected chi connectivity index (χ4v) is 4.38. The maximum Gasteiger partial charge on any atom is 0.257 e. The van der Waals surface area contributed by atoms with Gasteiger partial charge in [0.25, 0.3) is 11.8 Å². The van der Waals surface area contributed by atoms with E-state index in [1.54, 1.807) is 24.1 Å². The Bertz CT molecular complexity index is 906. The lowest BCUT2D eigenvalue weighted by Gasteiger charge is -2.35. The molecule has 0 saturated carbocycles. The van der Waals surface area contributed by atoms with Gasteiger partial charge >= 0.3 is 0 Å². The lowest BCUT2D eigenvalue weighted by molar-refractivity contribution is 0.0533. The number of hydrogen-bond acceptors (Lipinski definition) is 4. The molecule has 4 rings (SSSR count). The van der Waals surface area contributed by atoms with Crippen LogP contribution in [0.2, 0.25) is 0 Å². The molecule has 31 heavy (non-hydrogen) atoms. The minimum absolute atomic E-state index is 0. The third-order valence-electron chi connectivity index (χ3n) is 6.11. The number of ether oxygens (including phenoxy) is 1. The lowest BCUT2D eigenvalue weighted by Crippen LogP contribution is -2.50. The number of hydrogen-bond donors (Lipinski definition) is 1. The van der Waals surface area contributed by atoms with E-state index >= 15 is 0 Å². The smallest absolute Gasteiger partial charge is 0.257 e. The Morgan fingerprint density at radius 1 is 0.935 bits per heavy atom. The van der Waals surface area contributed by atoms with Gasteiger partial charge in [0.15, 0.2) is 0 Å². The summed E-state index contributed by atoms with van der Waals surface area (Å²) < 4.78 is 5.33. The SMILES string of the molecule is COc1ccccc1C(=O)N1CCN(C(=O)c2ccccc2CC2CCNC2)CC1.Cl. The van der Waals surface area contributed by atoms with Crippen LogP contribution in [-0.2, 0) is 6.42 Å². The second-order valence-electron chi connectivity index (χ2n) is 8.00. The Morgan fingerprint density at radius 2 is 1.52 bits per heavy atom. The Kier molecular flexibility index (Phi) is 7.93. The second-order valence-corrected chi connectivity index (χ2v) is 8.00. The van der Waals surface area contributed by atoms with Crippen molar-refractivity contribution in [3.63, 3.8) is 0 Å². The van der Waals surface area contributed by atoms with Crippen molar-refractivity contribution in [3.05, 3.63) is 65.2 Å². The monoisotopic (exact) mass is 443 g/mol. The topological polar surface area (TPSA) is 61.9 Å². The summed E-state index contributed by atoms with van der Waals surface area (Å²) in [6.07, 6.45) is 2.09. The number of piperazine rings is 1. The van der Waals surface area contributed by atoms with E-state index in [1.807, 2.05) is 35.2 Å². The summed E-state index contributed by atoms with van der Waals surface area (Å²) in [6, 6.07) is 15.2. The van der Waals surface area contributed by atoms with Crippen molar-refractivity contribution in [2.24, 2.45) is 5.92 Å². The third-order valence-corrected chi connectivity index (χ3v) is 6.11. The van der Waals surface area contributed by atoms with E-state index in [9.17, 15) is 9.59 Å². The van der Waals surface area contributed by atoms with Crippen molar-refractivity contribution in [2.45, 2.75) is 12.8 Å². The highest BCUT2D eigenvalue weighted by Crippen LogP contribution is 2.22. The van der Waals surface area contributed by atoms with Crippen LogP contribution in [0.25, 0.3) is 0 Å². The van der Waals surface area contributed by atoms with Gasteiger partial charge in [-0.15, -0.1) is 12.4 Å². The molecule has 6 nitrogen and oxygen atoms in total. The number of benzene rings is 2. The number of amides is 2. The number of halogens is 1. The first kappa shape index (κ1) is 23.1. The van der Waals surface area contributed by atoms with Crippen LogP contribution in [0, 0.1) is 5.92 Å². The first-order valence-electron chi connectivity index (χ1n) is 10.7. The summed E-state index contributed by atoms with van der Waals surface area (Å²) in [4.78, 5) is 29.8. The van der Waals surface area contributed by atoms with Gasteiger partial charge in [0.1, 0.15) is 5.75 Å². The molecular weight excluding hydrogens is 414 g/mol. The molecule has 2 aromatic rings. The highest BCUT2D eigenvalue weighted by molar-refractivity contribution is 5.98. The predicted octanol–water partition coefficient (Wildman–Crippen LogP) is 2.87. The molecule has 7 heteroatoms. The summed E-state index contributed by atoms with van der Waals surface area (Å²) in [5.74, 6) is 1.19. The molecule has 0 spiro atoms. The van der Waals surface area contributed by atoms with Gasteiger partial charge in [-0.05, 0) is 55.6 Å². The molecule has 2 heterocycles. The summed E-state index contributed by atoms with van der Waals surface area (Å²) in [5.41, 5.74) is 2.49. The van der Waals surface area contributed by atoms with E-state index in [4.69, 9.17) is 4.74 Å². The van der Waals surface area contributed by atoms with Gasteiger partial charge < -0.3 is 19.9 Å². The number of carbonyl (C=O) groups excluding carboxylic acids is 2. The summed E-state index contributed by atoms with van der Waals surface area (Å²) >= 11 is 0. The molecule has 0 bridgehead atoms. The molecule has 1 atom stereocenters. The molecule has 2 aliphatic rings. The standard InChI is InChI=1S/C24H29N3O3.ClH/c1-30-22-9-5-4-8-21(22)24(29)27-14-12-26(13-15-27)23(28)20-7-3-2-6-19(20)16-18-10-11-25-17-18;/h2-9,18,25H,10-17H2,1H3;1H. The number of para-hydroxylation sites is 1. The zero-order chi connectivity index (χ0) is 20.9. The molecule has 2 aromatic carbocycles. The van der Waals surface area contributed by atoms with Crippen LogP contribution >= 0.6 is 12.4 Å². The van der Waals surface area contributed by atoms with Crippen LogP contribution < -0.4 is 10.1 Å². The molecular formula is C24H30ClN3O3. The molecule has 0 aromatic heterocycles. The Hall–Kier alpha value is -2.57. The number of carbonyl (C=O) groups is 2. The van der Waals surface area contributed by atoms with Gasteiger partial charge in [-0.3, -0.25) is 9.59 Å². The van der Waals surface area contributed by atoms with Gasteiger partial charge in [-0.1, -0.05) is 30.3 Å². The largest absolute Gasteiger partial charge is 0.496 e. The molecule has 0 radical (unpaired) electrons. The van der Waals surface area contributed by atoms with E-state index in [2.05, 4.69) is 11.4 Å². The molecule has 1 N–H and O–H groups in total. The number of nitrogens with one attached hydrogen (secondary N) is 1.